The lowest BCUT2D eigenvalue weighted by Crippen LogP contribution is -2.11. The molecular formula is C17H9ClN4O4S. The molecule has 27 heavy (non-hydrogen) atoms. The number of carbonyl (C=O) groups is 1. The zero-order valence-corrected chi connectivity index (χ0v) is 15.0. The van der Waals surface area contributed by atoms with E-state index < -0.39 is 10.8 Å². The molecule has 0 radical (unpaired) electrons. The Morgan fingerprint density at radius 1 is 1.15 bits per heavy atom. The van der Waals surface area contributed by atoms with Crippen molar-refractivity contribution in [2.75, 3.05) is 5.32 Å². The van der Waals surface area contributed by atoms with E-state index >= 15 is 0 Å². The van der Waals surface area contributed by atoms with E-state index in [0.717, 1.165) is 11.7 Å². The third kappa shape index (κ3) is 3.14. The third-order valence-corrected chi connectivity index (χ3v) is 4.67. The molecule has 10 heteroatoms. The first-order valence-corrected chi connectivity index (χ1v) is 8.71. The number of para-hydroxylation sites is 1. The predicted octanol–water partition coefficient (Wildman–Crippen LogP) is 4.77. The number of hydrogen-bond donors (Lipinski definition) is 1. The fourth-order valence-electron chi connectivity index (χ4n) is 2.57. The summed E-state index contributed by atoms with van der Waals surface area (Å²) in [5.41, 5.74) is 1.59. The van der Waals surface area contributed by atoms with Crippen LogP contribution in [0.25, 0.3) is 22.4 Å². The minimum Gasteiger partial charge on any atom is -0.451 e. The van der Waals surface area contributed by atoms with Crippen LogP contribution >= 0.6 is 23.3 Å². The van der Waals surface area contributed by atoms with E-state index in [1.807, 2.05) is 0 Å². The number of anilines is 1. The largest absolute Gasteiger partial charge is 0.451 e. The van der Waals surface area contributed by atoms with Crippen LogP contribution in [0.15, 0.2) is 52.9 Å². The molecule has 134 valence electrons. The van der Waals surface area contributed by atoms with Crippen molar-refractivity contribution in [1.82, 2.24) is 8.75 Å². The van der Waals surface area contributed by atoms with Gasteiger partial charge >= 0.3 is 0 Å². The van der Waals surface area contributed by atoms with E-state index in [0.29, 0.717) is 21.7 Å². The fraction of sp³-hybridized carbons (Fsp3) is 0. The summed E-state index contributed by atoms with van der Waals surface area (Å²) in [5.74, 6) is -0.353. The van der Waals surface area contributed by atoms with Crippen molar-refractivity contribution in [3.05, 3.63) is 69.4 Å². The minimum absolute atomic E-state index is 0.0144. The number of aromatic nitrogens is 2. The average molecular weight is 401 g/mol. The highest BCUT2D eigenvalue weighted by molar-refractivity contribution is 7.00. The molecule has 0 bridgehead atoms. The van der Waals surface area contributed by atoms with Gasteiger partial charge in [0.1, 0.15) is 16.8 Å². The van der Waals surface area contributed by atoms with Crippen LogP contribution in [0.5, 0.6) is 0 Å². The Morgan fingerprint density at radius 3 is 2.78 bits per heavy atom. The van der Waals surface area contributed by atoms with E-state index in [-0.39, 0.29) is 22.8 Å². The van der Waals surface area contributed by atoms with Gasteiger partial charge in [0.2, 0.25) is 0 Å². The van der Waals surface area contributed by atoms with Crippen molar-refractivity contribution < 1.29 is 14.1 Å². The monoisotopic (exact) mass is 400 g/mol. The van der Waals surface area contributed by atoms with Crippen LogP contribution in [-0.4, -0.2) is 19.6 Å². The molecule has 4 aromatic rings. The molecule has 0 aliphatic heterocycles. The normalized spacial score (nSPS) is 10.9. The van der Waals surface area contributed by atoms with Crippen molar-refractivity contribution in [2.45, 2.75) is 0 Å². The molecule has 0 atom stereocenters. The van der Waals surface area contributed by atoms with Crippen LogP contribution in [0.4, 0.5) is 11.4 Å². The van der Waals surface area contributed by atoms with Gasteiger partial charge in [-0.1, -0.05) is 23.7 Å². The summed E-state index contributed by atoms with van der Waals surface area (Å²) in [6.45, 7) is 0. The van der Waals surface area contributed by atoms with Crippen LogP contribution in [0, 0.1) is 10.1 Å². The molecule has 0 aliphatic carbocycles. The molecular weight excluding hydrogens is 392 g/mol. The zero-order chi connectivity index (χ0) is 19.0. The van der Waals surface area contributed by atoms with E-state index in [1.165, 1.54) is 18.2 Å². The molecule has 2 aromatic carbocycles. The molecule has 1 amide bonds. The molecule has 0 spiro atoms. The number of benzene rings is 2. The second kappa shape index (κ2) is 6.78. The van der Waals surface area contributed by atoms with E-state index in [2.05, 4.69) is 14.1 Å². The summed E-state index contributed by atoms with van der Waals surface area (Å²) < 4.78 is 13.8. The molecule has 0 unspecified atom stereocenters. The molecule has 2 aromatic heterocycles. The molecule has 4 rings (SSSR count). The van der Waals surface area contributed by atoms with Crippen molar-refractivity contribution in [3.63, 3.8) is 0 Å². The van der Waals surface area contributed by atoms with Gasteiger partial charge in [-0.05, 0) is 30.3 Å². The number of amides is 1. The number of carbonyl (C=O) groups excluding carboxylic acids is 1. The lowest BCUT2D eigenvalue weighted by Gasteiger charge is -2.06. The van der Waals surface area contributed by atoms with Gasteiger partial charge in [-0.15, -0.1) is 0 Å². The summed E-state index contributed by atoms with van der Waals surface area (Å²) in [4.78, 5) is 23.2. The van der Waals surface area contributed by atoms with Crippen molar-refractivity contribution in [2.24, 2.45) is 0 Å². The first-order valence-electron chi connectivity index (χ1n) is 7.60. The molecule has 2 heterocycles. The fourth-order valence-corrected chi connectivity index (χ4v) is 3.31. The maximum absolute atomic E-state index is 12.6. The van der Waals surface area contributed by atoms with Gasteiger partial charge in [-0.25, -0.2) is 0 Å². The minimum atomic E-state index is -0.553. The van der Waals surface area contributed by atoms with Crippen LogP contribution in [0.3, 0.4) is 0 Å². The molecule has 0 saturated heterocycles. The van der Waals surface area contributed by atoms with Crippen LogP contribution < -0.4 is 5.32 Å². The Bertz CT molecular complexity index is 1190. The lowest BCUT2D eigenvalue weighted by atomic mass is 10.1. The number of nitrogens with zero attached hydrogens (tertiary/aromatic N) is 3. The molecule has 0 aliphatic rings. The van der Waals surface area contributed by atoms with Gasteiger partial charge in [0.25, 0.3) is 11.6 Å². The van der Waals surface area contributed by atoms with Crippen molar-refractivity contribution in [1.29, 1.82) is 0 Å². The second-order valence-corrected chi connectivity index (χ2v) is 6.38. The predicted molar refractivity (Wildman–Crippen MR) is 101 cm³/mol. The van der Waals surface area contributed by atoms with Gasteiger partial charge < -0.3 is 9.73 Å². The van der Waals surface area contributed by atoms with Crippen molar-refractivity contribution in [3.8, 4) is 11.3 Å². The van der Waals surface area contributed by atoms with E-state index in [1.54, 1.807) is 30.3 Å². The number of rotatable bonds is 4. The van der Waals surface area contributed by atoms with E-state index in [4.69, 9.17) is 16.0 Å². The van der Waals surface area contributed by atoms with Gasteiger partial charge in [-0.3, -0.25) is 14.9 Å². The van der Waals surface area contributed by atoms with Gasteiger partial charge in [0, 0.05) is 6.07 Å². The summed E-state index contributed by atoms with van der Waals surface area (Å²) in [6, 6.07) is 12.4. The highest BCUT2D eigenvalue weighted by Crippen LogP contribution is 2.33. The van der Waals surface area contributed by atoms with Crippen LogP contribution in [-0.2, 0) is 0 Å². The van der Waals surface area contributed by atoms with Crippen LogP contribution in [0.2, 0.25) is 5.02 Å². The first kappa shape index (κ1) is 17.1. The lowest BCUT2D eigenvalue weighted by molar-refractivity contribution is -0.384. The summed E-state index contributed by atoms with van der Waals surface area (Å²) in [5, 5.41) is 14.1. The highest BCUT2D eigenvalue weighted by Gasteiger charge is 2.20. The maximum atomic E-state index is 12.6. The maximum Gasteiger partial charge on any atom is 0.291 e. The highest BCUT2D eigenvalue weighted by atomic mass is 35.5. The van der Waals surface area contributed by atoms with Gasteiger partial charge in [-0.2, -0.15) is 8.75 Å². The van der Waals surface area contributed by atoms with Gasteiger partial charge in [0.15, 0.2) is 5.76 Å². The number of fused-ring (bicyclic) bond motifs is 1. The molecule has 0 fully saturated rings. The third-order valence-electron chi connectivity index (χ3n) is 3.81. The number of nitrogens with one attached hydrogen (secondary N) is 1. The van der Waals surface area contributed by atoms with E-state index in [9.17, 15) is 14.9 Å². The SMILES string of the molecule is O=C(Nc1c(Cl)ccc2nsnc12)c1ccc(-c2ccccc2[N+](=O)[O-])o1. The zero-order valence-electron chi connectivity index (χ0n) is 13.4. The summed E-state index contributed by atoms with van der Waals surface area (Å²) in [6.07, 6.45) is 0. The topological polar surface area (TPSA) is 111 Å². The quantitative estimate of drug-likeness (QED) is 0.390. The average Bonchev–Trinajstić information content (AvgIpc) is 3.33. The number of hydrogen-bond acceptors (Lipinski definition) is 7. The second-order valence-electron chi connectivity index (χ2n) is 5.45. The Morgan fingerprint density at radius 2 is 1.96 bits per heavy atom. The number of halogens is 1. The number of furan rings is 1. The standard InChI is InChI=1S/C17H9ClN4O4S/c18-10-5-6-11-16(21-27-20-11)15(10)19-17(23)14-8-7-13(26-14)9-3-1-2-4-12(9)22(24)25/h1-8H,(H,19,23). The summed E-state index contributed by atoms with van der Waals surface area (Å²) >= 11 is 7.17. The Balaban J connectivity index is 1.66. The Kier molecular flexibility index (Phi) is 4.30. The Hall–Kier alpha value is -3.30. The van der Waals surface area contributed by atoms with Crippen LogP contribution in [0.1, 0.15) is 10.6 Å². The van der Waals surface area contributed by atoms with Gasteiger partial charge in [0.05, 0.1) is 32.9 Å². The number of nitro benzene ring substituents is 1. The molecule has 8 nitrogen and oxygen atoms in total. The summed E-state index contributed by atoms with van der Waals surface area (Å²) in [7, 11) is 0. The smallest absolute Gasteiger partial charge is 0.291 e. The van der Waals surface area contributed by atoms with Crippen molar-refractivity contribution >= 4 is 51.6 Å². The molecule has 1 N–H and O–H groups in total. The molecule has 0 saturated carbocycles. The first-order chi connectivity index (χ1) is 13.0. The number of nitro groups is 1. The Labute approximate surface area is 160 Å².